The lowest BCUT2D eigenvalue weighted by molar-refractivity contribution is -0.223. The topological polar surface area (TPSA) is 27.7 Å². The lowest BCUT2D eigenvalue weighted by Crippen LogP contribution is -2.39. The van der Waals surface area contributed by atoms with E-state index in [1.165, 1.54) is 64.2 Å². The molecule has 0 spiro atoms. The Morgan fingerprint density at radius 2 is 1.16 bits per heavy atom. The van der Waals surface area contributed by atoms with Crippen molar-refractivity contribution in [2.75, 3.05) is 19.8 Å². The van der Waals surface area contributed by atoms with E-state index < -0.39 is 6.08 Å². The van der Waals surface area contributed by atoms with Crippen LogP contribution in [0.2, 0.25) is 0 Å². The molecule has 4 rings (SSSR count). The second-order valence-electron chi connectivity index (χ2n) is 11.0. The fraction of sp³-hybridized carbons (Fsp3) is 0.926. The summed E-state index contributed by atoms with van der Waals surface area (Å²) >= 11 is 0. The third-order valence-corrected chi connectivity index (χ3v) is 8.94. The van der Waals surface area contributed by atoms with Gasteiger partial charge in [0.2, 0.25) is 0 Å². The van der Waals surface area contributed by atoms with Gasteiger partial charge in [0.05, 0.1) is 19.3 Å². The lowest BCUT2D eigenvalue weighted by atomic mass is 9.65. The molecule has 184 valence electrons. The molecule has 3 aliphatic carbocycles. The summed E-state index contributed by atoms with van der Waals surface area (Å²) in [6.07, 6.45) is 16.7. The summed E-state index contributed by atoms with van der Waals surface area (Å²) in [4.78, 5) is 0. The summed E-state index contributed by atoms with van der Waals surface area (Å²) in [6.45, 7) is 3.84. The summed E-state index contributed by atoms with van der Waals surface area (Å²) in [6, 6.07) is 0. The van der Waals surface area contributed by atoms with Crippen molar-refractivity contribution < 1.29 is 23.0 Å². The van der Waals surface area contributed by atoms with Gasteiger partial charge in [0.1, 0.15) is 0 Å². The Labute approximate surface area is 193 Å². The number of halogens is 2. The van der Waals surface area contributed by atoms with Gasteiger partial charge in [0, 0.05) is 18.4 Å². The van der Waals surface area contributed by atoms with Gasteiger partial charge >= 0.3 is 0 Å². The number of hydrogen-bond donors (Lipinski definition) is 0. The van der Waals surface area contributed by atoms with Crippen LogP contribution >= 0.6 is 0 Å². The molecule has 0 amide bonds. The van der Waals surface area contributed by atoms with E-state index in [2.05, 4.69) is 6.92 Å². The molecule has 0 atom stereocenters. The van der Waals surface area contributed by atoms with Crippen LogP contribution in [0, 0.1) is 35.5 Å². The first-order chi connectivity index (χ1) is 15.6. The molecule has 5 heteroatoms. The van der Waals surface area contributed by atoms with Gasteiger partial charge in [0.25, 0.3) is 6.08 Å². The molecule has 0 unspecified atom stereocenters. The van der Waals surface area contributed by atoms with Crippen LogP contribution < -0.4 is 0 Å². The SMILES string of the molecule is CCCOC1CCC(C2CCC(C3CCC(C4OCC(C=C(F)F)CO4)CC3)CC2)CC1. The van der Waals surface area contributed by atoms with Crippen LogP contribution in [-0.4, -0.2) is 32.2 Å². The van der Waals surface area contributed by atoms with E-state index in [1.807, 2.05) is 0 Å². The molecule has 0 aromatic carbocycles. The highest BCUT2D eigenvalue weighted by Crippen LogP contribution is 2.46. The van der Waals surface area contributed by atoms with E-state index in [0.29, 0.717) is 25.2 Å². The number of ether oxygens (including phenoxy) is 3. The van der Waals surface area contributed by atoms with Crippen LogP contribution in [0.1, 0.15) is 90.4 Å². The highest BCUT2D eigenvalue weighted by Gasteiger charge is 2.37. The van der Waals surface area contributed by atoms with Crippen LogP contribution in [0.25, 0.3) is 0 Å². The van der Waals surface area contributed by atoms with Gasteiger partial charge in [-0.25, -0.2) is 0 Å². The fourth-order valence-electron chi connectivity index (χ4n) is 7.07. The fourth-order valence-corrected chi connectivity index (χ4v) is 7.07. The van der Waals surface area contributed by atoms with Gasteiger partial charge < -0.3 is 14.2 Å². The second-order valence-corrected chi connectivity index (χ2v) is 11.0. The monoisotopic (exact) mass is 454 g/mol. The Morgan fingerprint density at radius 3 is 1.59 bits per heavy atom. The summed E-state index contributed by atoms with van der Waals surface area (Å²) in [5.74, 6) is 3.81. The molecule has 1 saturated heterocycles. The highest BCUT2D eigenvalue weighted by atomic mass is 19.3. The van der Waals surface area contributed by atoms with Gasteiger partial charge in [0.15, 0.2) is 6.29 Å². The van der Waals surface area contributed by atoms with Crippen molar-refractivity contribution >= 4 is 0 Å². The molecule has 0 N–H and O–H groups in total. The van der Waals surface area contributed by atoms with E-state index in [-0.39, 0.29) is 12.2 Å². The first kappa shape index (κ1) is 24.6. The quantitative estimate of drug-likeness (QED) is 0.402. The third-order valence-electron chi connectivity index (χ3n) is 8.94. The highest BCUT2D eigenvalue weighted by molar-refractivity contribution is 4.90. The molecular weight excluding hydrogens is 410 g/mol. The summed E-state index contributed by atoms with van der Waals surface area (Å²) in [5.41, 5.74) is 0. The van der Waals surface area contributed by atoms with Crippen molar-refractivity contribution in [3.63, 3.8) is 0 Å². The minimum atomic E-state index is -1.63. The molecule has 3 saturated carbocycles. The molecular formula is C27H44F2O3. The van der Waals surface area contributed by atoms with Crippen molar-refractivity contribution in [1.29, 1.82) is 0 Å². The molecule has 0 aromatic rings. The Morgan fingerprint density at radius 1 is 0.719 bits per heavy atom. The lowest BCUT2D eigenvalue weighted by Gasteiger charge is -2.42. The third kappa shape index (κ3) is 6.76. The van der Waals surface area contributed by atoms with Crippen molar-refractivity contribution in [3.8, 4) is 0 Å². The minimum absolute atomic E-state index is 0.185. The Hall–Kier alpha value is -0.520. The predicted molar refractivity (Wildman–Crippen MR) is 122 cm³/mol. The van der Waals surface area contributed by atoms with Crippen molar-refractivity contribution in [3.05, 3.63) is 12.2 Å². The Bertz CT molecular complexity index is 561. The average molecular weight is 455 g/mol. The van der Waals surface area contributed by atoms with Crippen LogP contribution in [0.5, 0.6) is 0 Å². The van der Waals surface area contributed by atoms with Crippen LogP contribution in [0.4, 0.5) is 8.78 Å². The molecule has 32 heavy (non-hydrogen) atoms. The van der Waals surface area contributed by atoms with Crippen LogP contribution in [0.15, 0.2) is 12.2 Å². The molecule has 4 aliphatic rings. The minimum Gasteiger partial charge on any atom is -0.378 e. The van der Waals surface area contributed by atoms with Crippen LogP contribution in [0.3, 0.4) is 0 Å². The first-order valence-electron chi connectivity index (χ1n) is 13.5. The molecule has 1 heterocycles. The summed E-state index contributed by atoms with van der Waals surface area (Å²) in [5, 5.41) is 0. The molecule has 4 fully saturated rings. The van der Waals surface area contributed by atoms with Crippen molar-refractivity contribution in [1.82, 2.24) is 0 Å². The zero-order valence-electron chi connectivity index (χ0n) is 20.0. The normalized spacial score (nSPS) is 41.2. The zero-order chi connectivity index (χ0) is 22.3. The second kappa shape index (κ2) is 12.3. The largest absolute Gasteiger partial charge is 0.378 e. The van der Waals surface area contributed by atoms with Crippen LogP contribution in [-0.2, 0) is 14.2 Å². The van der Waals surface area contributed by atoms with E-state index in [0.717, 1.165) is 55.6 Å². The van der Waals surface area contributed by atoms with Gasteiger partial charge in [-0.3, -0.25) is 0 Å². The standard InChI is InChI=1S/C27H44F2O3/c1-2-15-30-25-13-11-23(12-14-25)21-5-3-20(4-6-21)22-7-9-24(10-8-22)27-31-17-19(18-32-27)16-26(28)29/h16,19-25,27H,2-15,17-18H2,1H3. The number of hydrogen-bond acceptors (Lipinski definition) is 3. The molecule has 0 aromatic heterocycles. The zero-order valence-corrected chi connectivity index (χ0v) is 20.0. The maximum absolute atomic E-state index is 12.4. The van der Waals surface area contributed by atoms with E-state index >= 15 is 0 Å². The van der Waals surface area contributed by atoms with Gasteiger partial charge in [-0.2, -0.15) is 8.78 Å². The van der Waals surface area contributed by atoms with E-state index in [1.54, 1.807) is 0 Å². The Kier molecular flexibility index (Phi) is 9.43. The van der Waals surface area contributed by atoms with E-state index in [4.69, 9.17) is 14.2 Å². The maximum Gasteiger partial charge on any atom is 0.266 e. The molecule has 3 nitrogen and oxygen atoms in total. The average Bonchev–Trinajstić information content (AvgIpc) is 2.83. The van der Waals surface area contributed by atoms with E-state index in [9.17, 15) is 8.78 Å². The van der Waals surface area contributed by atoms with Gasteiger partial charge in [-0.1, -0.05) is 6.92 Å². The first-order valence-corrected chi connectivity index (χ1v) is 13.5. The van der Waals surface area contributed by atoms with Gasteiger partial charge in [-0.15, -0.1) is 0 Å². The Balaban J connectivity index is 1.13. The summed E-state index contributed by atoms with van der Waals surface area (Å²) in [7, 11) is 0. The molecule has 1 aliphatic heterocycles. The smallest absolute Gasteiger partial charge is 0.266 e. The molecule has 0 bridgehead atoms. The summed E-state index contributed by atoms with van der Waals surface area (Å²) < 4.78 is 42.5. The number of rotatable bonds is 7. The van der Waals surface area contributed by atoms with Crippen molar-refractivity contribution in [2.24, 2.45) is 35.5 Å². The van der Waals surface area contributed by atoms with Gasteiger partial charge in [-0.05, 0) is 113 Å². The molecule has 0 radical (unpaired) electrons. The van der Waals surface area contributed by atoms with Crippen molar-refractivity contribution in [2.45, 2.75) is 103 Å². The maximum atomic E-state index is 12.4. The predicted octanol–water partition coefficient (Wildman–Crippen LogP) is 7.35.